The Bertz CT molecular complexity index is 321. The highest BCUT2D eigenvalue weighted by molar-refractivity contribution is 6.76. The van der Waals surface area contributed by atoms with E-state index in [4.69, 9.17) is 14.2 Å². The van der Waals surface area contributed by atoms with Gasteiger partial charge in [0.1, 0.15) is 6.79 Å². The highest BCUT2D eigenvalue weighted by atomic mass is 28.3. The Morgan fingerprint density at radius 1 is 1.00 bits per heavy atom. The molecule has 0 aromatic heterocycles. The second kappa shape index (κ2) is 11.0. The minimum Gasteiger partial charge on any atom is -0.449 e. The van der Waals surface area contributed by atoms with Crippen LogP contribution in [0.1, 0.15) is 41.0 Å². The number of hydrogen-bond donors (Lipinski definition) is 0. The van der Waals surface area contributed by atoms with Crippen LogP contribution in [0.3, 0.4) is 0 Å². The molecule has 0 N–H and O–H groups in total. The number of amides is 1. The van der Waals surface area contributed by atoms with Gasteiger partial charge < -0.3 is 19.1 Å². The Labute approximate surface area is 143 Å². The van der Waals surface area contributed by atoms with Gasteiger partial charge in [0.15, 0.2) is 0 Å². The Morgan fingerprint density at radius 3 is 2.04 bits per heavy atom. The van der Waals surface area contributed by atoms with Gasteiger partial charge >= 0.3 is 6.09 Å². The molecule has 0 saturated carbocycles. The molecule has 0 aliphatic carbocycles. The molecule has 1 amide bonds. The molecule has 0 unspecified atom stereocenters. The van der Waals surface area contributed by atoms with Crippen LogP contribution in [0.15, 0.2) is 0 Å². The van der Waals surface area contributed by atoms with Gasteiger partial charge in [0.25, 0.3) is 0 Å². The first-order valence-electron chi connectivity index (χ1n) is 8.69. The van der Waals surface area contributed by atoms with Gasteiger partial charge in [-0.05, 0) is 40.7 Å². The van der Waals surface area contributed by atoms with Crippen molar-refractivity contribution in [3.05, 3.63) is 0 Å². The number of carbonyl (C=O) groups excluding carboxylic acids is 1. The lowest BCUT2D eigenvalue weighted by atomic mass is 10.2. The summed E-state index contributed by atoms with van der Waals surface area (Å²) in [6.45, 7) is 18.3. The fourth-order valence-corrected chi connectivity index (χ4v) is 2.85. The normalized spacial score (nSPS) is 13.5. The summed E-state index contributed by atoms with van der Waals surface area (Å²) in [7, 11) is -1.04. The molecule has 0 radical (unpaired) electrons. The van der Waals surface area contributed by atoms with E-state index in [0.717, 1.165) is 12.7 Å². The number of nitrogens with zero attached hydrogens (tertiary/aromatic N) is 1. The first-order valence-corrected chi connectivity index (χ1v) is 12.4. The van der Waals surface area contributed by atoms with Crippen molar-refractivity contribution < 1.29 is 19.0 Å². The highest BCUT2D eigenvalue weighted by Gasteiger charge is 2.21. The van der Waals surface area contributed by atoms with Crippen LogP contribution in [-0.2, 0) is 14.2 Å². The average molecular weight is 348 g/mol. The summed E-state index contributed by atoms with van der Waals surface area (Å²) >= 11 is 0. The van der Waals surface area contributed by atoms with Crippen LogP contribution >= 0.6 is 0 Å². The fourth-order valence-electron chi connectivity index (χ4n) is 2.09. The molecule has 6 heteroatoms. The summed E-state index contributed by atoms with van der Waals surface area (Å²) < 4.78 is 16.4. The fraction of sp³-hybridized carbons (Fsp3) is 0.941. The smallest absolute Gasteiger partial charge is 0.410 e. The molecule has 0 fully saturated rings. The molecule has 0 rings (SSSR count). The minimum absolute atomic E-state index is 0.0150. The Balaban J connectivity index is 3.81. The number of hydrogen-bond acceptors (Lipinski definition) is 4. The first-order chi connectivity index (χ1) is 10.5. The molecule has 0 aliphatic heterocycles. The van der Waals surface area contributed by atoms with E-state index in [-0.39, 0.29) is 24.3 Å². The van der Waals surface area contributed by atoms with Crippen LogP contribution in [0.25, 0.3) is 0 Å². The molecule has 0 saturated heterocycles. The minimum atomic E-state index is -1.04. The molecule has 0 heterocycles. The summed E-state index contributed by atoms with van der Waals surface area (Å²) in [6, 6.07) is 1.41. The van der Waals surface area contributed by atoms with Crippen LogP contribution < -0.4 is 0 Å². The van der Waals surface area contributed by atoms with Crippen LogP contribution in [-0.4, -0.2) is 57.3 Å². The third-order valence-electron chi connectivity index (χ3n) is 3.51. The topological polar surface area (TPSA) is 48.0 Å². The zero-order chi connectivity index (χ0) is 18.0. The Kier molecular flexibility index (Phi) is 10.8. The van der Waals surface area contributed by atoms with E-state index < -0.39 is 8.07 Å². The Morgan fingerprint density at radius 2 is 1.57 bits per heavy atom. The zero-order valence-corrected chi connectivity index (χ0v) is 17.3. The summed E-state index contributed by atoms with van der Waals surface area (Å²) in [5, 5.41) is 0. The molecule has 0 bridgehead atoms. The van der Waals surface area contributed by atoms with Crippen LogP contribution in [0.5, 0.6) is 0 Å². The van der Waals surface area contributed by atoms with Gasteiger partial charge in [0.2, 0.25) is 0 Å². The molecule has 5 nitrogen and oxygen atoms in total. The third kappa shape index (κ3) is 11.6. The predicted octanol–water partition coefficient (Wildman–Crippen LogP) is 4.35. The molecule has 0 aliphatic rings. The van der Waals surface area contributed by atoms with Crippen molar-refractivity contribution in [1.82, 2.24) is 4.90 Å². The van der Waals surface area contributed by atoms with Gasteiger partial charge in [-0.25, -0.2) is 4.79 Å². The first kappa shape index (κ1) is 22.4. The second-order valence-corrected chi connectivity index (χ2v) is 13.4. The molecule has 1 atom stereocenters. The lowest BCUT2D eigenvalue weighted by molar-refractivity contribution is -0.0858. The lowest BCUT2D eigenvalue weighted by Crippen LogP contribution is -2.42. The maximum absolute atomic E-state index is 12.0. The van der Waals surface area contributed by atoms with Gasteiger partial charge in [0.05, 0.1) is 12.7 Å². The second-order valence-electron chi connectivity index (χ2n) is 7.81. The van der Waals surface area contributed by atoms with Gasteiger partial charge in [0, 0.05) is 33.2 Å². The summed E-state index contributed by atoms with van der Waals surface area (Å²) in [4.78, 5) is 13.8. The molecular formula is C17H37NO4Si. The maximum Gasteiger partial charge on any atom is 0.410 e. The molecule has 0 aromatic carbocycles. The SMILES string of the molecule is CC(C)N(C(=O)OCC[C@@H](C)OCOCC[Si](C)(C)C)C(C)C. The van der Waals surface area contributed by atoms with Gasteiger partial charge in [-0.3, -0.25) is 0 Å². The Hall–Kier alpha value is -0.593. The molecule has 138 valence electrons. The maximum atomic E-state index is 12.0. The van der Waals surface area contributed by atoms with Crippen molar-refractivity contribution in [3.8, 4) is 0 Å². The summed E-state index contributed by atoms with van der Waals surface area (Å²) in [5.41, 5.74) is 0. The quantitative estimate of drug-likeness (QED) is 0.317. The number of rotatable bonds is 11. The van der Waals surface area contributed by atoms with E-state index in [9.17, 15) is 4.79 Å². The summed E-state index contributed by atoms with van der Waals surface area (Å²) in [6.07, 6.45) is 0.433. The van der Waals surface area contributed by atoms with Gasteiger partial charge in [-0.2, -0.15) is 0 Å². The van der Waals surface area contributed by atoms with Crippen molar-refractivity contribution in [2.75, 3.05) is 20.0 Å². The van der Waals surface area contributed by atoms with E-state index >= 15 is 0 Å². The number of carbonyl (C=O) groups is 1. The van der Waals surface area contributed by atoms with Crippen molar-refractivity contribution in [3.63, 3.8) is 0 Å². The molecule has 0 aromatic rings. The van der Waals surface area contributed by atoms with Crippen molar-refractivity contribution in [2.45, 2.75) is 84.9 Å². The van der Waals surface area contributed by atoms with Gasteiger partial charge in [-0.1, -0.05) is 19.6 Å². The predicted molar refractivity (Wildman–Crippen MR) is 97.6 cm³/mol. The average Bonchev–Trinajstić information content (AvgIpc) is 2.35. The van der Waals surface area contributed by atoms with Crippen LogP contribution in [0.4, 0.5) is 4.79 Å². The monoisotopic (exact) mass is 347 g/mol. The third-order valence-corrected chi connectivity index (χ3v) is 5.21. The lowest BCUT2D eigenvalue weighted by Gasteiger charge is -2.29. The zero-order valence-electron chi connectivity index (χ0n) is 16.3. The molecular weight excluding hydrogens is 310 g/mol. The summed E-state index contributed by atoms with van der Waals surface area (Å²) in [5.74, 6) is 0. The van der Waals surface area contributed by atoms with Crippen LogP contribution in [0.2, 0.25) is 25.7 Å². The van der Waals surface area contributed by atoms with Crippen molar-refractivity contribution in [1.29, 1.82) is 0 Å². The molecule has 23 heavy (non-hydrogen) atoms. The van der Waals surface area contributed by atoms with E-state index in [0.29, 0.717) is 19.8 Å². The van der Waals surface area contributed by atoms with Crippen molar-refractivity contribution in [2.24, 2.45) is 0 Å². The highest BCUT2D eigenvalue weighted by Crippen LogP contribution is 2.09. The van der Waals surface area contributed by atoms with Crippen LogP contribution in [0, 0.1) is 0 Å². The van der Waals surface area contributed by atoms with E-state index in [1.54, 1.807) is 4.90 Å². The largest absolute Gasteiger partial charge is 0.449 e. The van der Waals surface area contributed by atoms with E-state index in [1.165, 1.54) is 0 Å². The standard InChI is InChI=1S/C17H37NO4Si/c1-14(2)18(15(3)4)17(19)21-10-9-16(5)22-13-20-11-12-23(6,7)8/h14-16H,9-13H2,1-8H3/t16-/m1/s1. The van der Waals surface area contributed by atoms with E-state index in [2.05, 4.69) is 19.6 Å². The number of ether oxygens (including phenoxy) is 3. The molecule has 0 spiro atoms. The van der Waals surface area contributed by atoms with E-state index in [1.807, 2.05) is 34.6 Å². The van der Waals surface area contributed by atoms with Gasteiger partial charge in [-0.15, -0.1) is 0 Å². The van der Waals surface area contributed by atoms with Crippen molar-refractivity contribution >= 4 is 14.2 Å².